The Morgan fingerprint density at radius 3 is 2.67 bits per heavy atom. The average Bonchev–Trinajstić information content (AvgIpc) is 2.66. The summed E-state index contributed by atoms with van der Waals surface area (Å²) in [5.74, 6) is 0.674. The third-order valence-corrected chi connectivity index (χ3v) is 2.42. The molecule has 1 rings (SSSR count). The van der Waals surface area contributed by atoms with Gasteiger partial charge in [-0.2, -0.15) is 0 Å². The monoisotopic (exact) mass is 170 g/mol. The number of carbonyl (C=O) groups is 1. The van der Waals surface area contributed by atoms with Crippen molar-refractivity contribution in [2.24, 2.45) is 5.92 Å². The molecule has 1 aliphatic rings. The van der Waals surface area contributed by atoms with E-state index in [4.69, 9.17) is 0 Å². The van der Waals surface area contributed by atoms with Crippen molar-refractivity contribution in [3.05, 3.63) is 0 Å². The van der Waals surface area contributed by atoms with E-state index >= 15 is 0 Å². The molecule has 3 heteroatoms. The van der Waals surface area contributed by atoms with E-state index in [9.17, 15) is 4.79 Å². The SMILES string of the molecule is CCC(C)NC(=O)N[C@@H]1C[C@H]1C. The van der Waals surface area contributed by atoms with Gasteiger partial charge < -0.3 is 10.6 Å². The lowest BCUT2D eigenvalue weighted by molar-refractivity contribution is 0.236. The highest BCUT2D eigenvalue weighted by Crippen LogP contribution is 2.28. The zero-order valence-corrected chi connectivity index (χ0v) is 8.05. The average molecular weight is 170 g/mol. The van der Waals surface area contributed by atoms with Gasteiger partial charge in [-0.05, 0) is 25.7 Å². The molecule has 3 atom stereocenters. The van der Waals surface area contributed by atoms with Gasteiger partial charge in [0.15, 0.2) is 0 Å². The fraction of sp³-hybridized carbons (Fsp3) is 0.889. The van der Waals surface area contributed by atoms with Crippen molar-refractivity contribution < 1.29 is 4.79 Å². The summed E-state index contributed by atoms with van der Waals surface area (Å²) in [6.45, 7) is 6.22. The molecule has 1 saturated carbocycles. The highest BCUT2D eigenvalue weighted by Gasteiger charge is 2.33. The Labute approximate surface area is 73.9 Å². The molecular formula is C9H18N2O. The first-order valence-corrected chi connectivity index (χ1v) is 4.70. The molecule has 70 valence electrons. The standard InChI is InChI=1S/C9H18N2O/c1-4-7(3)10-9(12)11-8-5-6(8)2/h6-8H,4-5H2,1-3H3,(H2,10,11,12)/t6-,7?,8-/m1/s1. The molecule has 0 radical (unpaired) electrons. The first kappa shape index (κ1) is 9.36. The van der Waals surface area contributed by atoms with Crippen LogP contribution in [0.4, 0.5) is 4.79 Å². The molecule has 0 spiro atoms. The van der Waals surface area contributed by atoms with Gasteiger partial charge in [0.1, 0.15) is 0 Å². The van der Waals surface area contributed by atoms with Gasteiger partial charge in [0.25, 0.3) is 0 Å². The van der Waals surface area contributed by atoms with E-state index in [0.29, 0.717) is 12.0 Å². The Kier molecular flexibility index (Phi) is 2.95. The maximum Gasteiger partial charge on any atom is 0.315 e. The summed E-state index contributed by atoms with van der Waals surface area (Å²) < 4.78 is 0. The Balaban J connectivity index is 2.12. The smallest absolute Gasteiger partial charge is 0.315 e. The predicted octanol–water partition coefficient (Wildman–Crippen LogP) is 1.49. The quantitative estimate of drug-likeness (QED) is 0.662. The van der Waals surface area contributed by atoms with Crippen molar-refractivity contribution in [3.8, 4) is 0 Å². The summed E-state index contributed by atoms with van der Waals surface area (Å²) in [5, 5.41) is 5.79. The minimum atomic E-state index is -0.0151. The van der Waals surface area contributed by atoms with Crippen LogP contribution in [0.25, 0.3) is 0 Å². The molecule has 1 unspecified atom stereocenters. The molecule has 0 heterocycles. The number of amides is 2. The van der Waals surface area contributed by atoms with E-state index in [1.807, 2.05) is 6.92 Å². The lowest BCUT2D eigenvalue weighted by atomic mass is 10.3. The van der Waals surface area contributed by atoms with Gasteiger partial charge in [-0.25, -0.2) is 4.79 Å². The van der Waals surface area contributed by atoms with Gasteiger partial charge in [0.2, 0.25) is 0 Å². The second kappa shape index (κ2) is 3.78. The molecule has 0 aromatic heterocycles. The highest BCUT2D eigenvalue weighted by molar-refractivity contribution is 5.74. The third-order valence-electron chi connectivity index (χ3n) is 2.42. The van der Waals surface area contributed by atoms with Crippen LogP contribution in [0.15, 0.2) is 0 Å². The molecule has 0 aromatic rings. The van der Waals surface area contributed by atoms with Gasteiger partial charge in [-0.3, -0.25) is 0 Å². The van der Waals surface area contributed by atoms with Crippen LogP contribution in [0.3, 0.4) is 0 Å². The second-order valence-electron chi connectivity index (χ2n) is 3.75. The van der Waals surface area contributed by atoms with Crippen molar-refractivity contribution in [1.29, 1.82) is 0 Å². The van der Waals surface area contributed by atoms with Crippen molar-refractivity contribution in [2.75, 3.05) is 0 Å². The number of hydrogen-bond acceptors (Lipinski definition) is 1. The van der Waals surface area contributed by atoms with Gasteiger partial charge in [-0.1, -0.05) is 13.8 Å². The second-order valence-corrected chi connectivity index (χ2v) is 3.75. The molecule has 0 aliphatic heterocycles. The number of urea groups is 1. The van der Waals surface area contributed by atoms with E-state index in [-0.39, 0.29) is 12.1 Å². The van der Waals surface area contributed by atoms with Crippen molar-refractivity contribution in [3.63, 3.8) is 0 Å². The minimum Gasteiger partial charge on any atom is -0.336 e. The third kappa shape index (κ3) is 2.72. The molecule has 0 aromatic carbocycles. The first-order chi connectivity index (χ1) is 5.63. The van der Waals surface area contributed by atoms with Gasteiger partial charge in [-0.15, -0.1) is 0 Å². The van der Waals surface area contributed by atoms with Crippen LogP contribution in [-0.2, 0) is 0 Å². The van der Waals surface area contributed by atoms with E-state index in [2.05, 4.69) is 24.5 Å². The van der Waals surface area contributed by atoms with Crippen LogP contribution >= 0.6 is 0 Å². The topological polar surface area (TPSA) is 41.1 Å². The van der Waals surface area contributed by atoms with Gasteiger partial charge >= 0.3 is 6.03 Å². The normalized spacial score (nSPS) is 29.2. The summed E-state index contributed by atoms with van der Waals surface area (Å²) in [5.41, 5.74) is 0. The van der Waals surface area contributed by atoms with Crippen LogP contribution in [0.1, 0.15) is 33.6 Å². The summed E-state index contributed by atoms with van der Waals surface area (Å²) >= 11 is 0. The maximum atomic E-state index is 11.2. The summed E-state index contributed by atoms with van der Waals surface area (Å²) in [6, 6.07) is 0.687. The Hall–Kier alpha value is -0.730. The van der Waals surface area contributed by atoms with Crippen LogP contribution in [0.5, 0.6) is 0 Å². The number of carbonyl (C=O) groups excluding carboxylic acids is 1. The summed E-state index contributed by atoms with van der Waals surface area (Å²) in [4.78, 5) is 11.2. The lowest BCUT2D eigenvalue weighted by Gasteiger charge is -2.11. The molecule has 0 bridgehead atoms. The first-order valence-electron chi connectivity index (χ1n) is 4.70. The summed E-state index contributed by atoms with van der Waals surface area (Å²) in [6.07, 6.45) is 2.11. The molecule has 2 N–H and O–H groups in total. The van der Waals surface area contributed by atoms with E-state index in [1.54, 1.807) is 0 Å². The van der Waals surface area contributed by atoms with Crippen LogP contribution in [0, 0.1) is 5.92 Å². The zero-order valence-electron chi connectivity index (χ0n) is 8.05. The molecule has 1 fully saturated rings. The lowest BCUT2D eigenvalue weighted by Crippen LogP contribution is -2.41. The summed E-state index contributed by atoms with van der Waals surface area (Å²) in [7, 11) is 0. The molecule has 0 saturated heterocycles. The predicted molar refractivity (Wildman–Crippen MR) is 49.0 cm³/mol. The Bertz CT molecular complexity index is 162. The number of nitrogens with one attached hydrogen (secondary N) is 2. The molecule has 2 amide bonds. The van der Waals surface area contributed by atoms with E-state index in [1.165, 1.54) is 0 Å². The van der Waals surface area contributed by atoms with E-state index in [0.717, 1.165) is 12.8 Å². The Morgan fingerprint density at radius 2 is 2.25 bits per heavy atom. The largest absolute Gasteiger partial charge is 0.336 e. The van der Waals surface area contributed by atoms with Crippen LogP contribution < -0.4 is 10.6 Å². The molecular weight excluding hydrogens is 152 g/mol. The number of hydrogen-bond donors (Lipinski definition) is 2. The van der Waals surface area contributed by atoms with Gasteiger partial charge in [0, 0.05) is 12.1 Å². The highest BCUT2D eigenvalue weighted by atomic mass is 16.2. The van der Waals surface area contributed by atoms with Gasteiger partial charge in [0.05, 0.1) is 0 Å². The Morgan fingerprint density at radius 1 is 1.67 bits per heavy atom. The minimum absolute atomic E-state index is 0.0151. The van der Waals surface area contributed by atoms with Crippen molar-refractivity contribution >= 4 is 6.03 Å². The van der Waals surface area contributed by atoms with Crippen molar-refractivity contribution in [2.45, 2.75) is 45.7 Å². The fourth-order valence-electron chi connectivity index (χ4n) is 1.06. The number of rotatable bonds is 3. The van der Waals surface area contributed by atoms with Crippen molar-refractivity contribution in [1.82, 2.24) is 10.6 Å². The molecule has 1 aliphatic carbocycles. The molecule has 12 heavy (non-hydrogen) atoms. The fourth-order valence-corrected chi connectivity index (χ4v) is 1.06. The van der Waals surface area contributed by atoms with Crippen LogP contribution in [-0.4, -0.2) is 18.1 Å². The maximum absolute atomic E-state index is 11.2. The van der Waals surface area contributed by atoms with E-state index < -0.39 is 0 Å². The van der Waals surface area contributed by atoms with Crippen LogP contribution in [0.2, 0.25) is 0 Å². The zero-order chi connectivity index (χ0) is 9.14. The molecule has 3 nitrogen and oxygen atoms in total.